The number of halogens is 4. The number of likely N-dealkylation sites (tertiary alicyclic amines) is 1. The van der Waals surface area contributed by atoms with Crippen molar-refractivity contribution in [2.45, 2.75) is 43.3 Å². The number of benzene rings is 1. The van der Waals surface area contributed by atoms with Crippen LogP contribution < -0.4 is 5.32 Å². The molecule has 1 aromatic carbocycles. The molecule has 1 N–H and O–H groups in total. The van der Waals surface area contributed by atoms with Crippen molar-refractivity contribution in [2.75, 3.05) is 32.7 Å². The van der Waals surface area contributed by atoms with E-state index in [1.54, 1.807) is 11.0 Å². The van der Waals surface area contributed by atoms with E-state index in [2.05, 4.69) is 5.32 Å². The summed E-state index contributed by atoms with van der Waals surface area (Å²) in [6.07, 6.45) is -1.63. The maximum atomic E-state index is 13.3. The fourth-order valence-corrected chi connectivity index (χ4v) is 4.45. The molecule has 0 radical (unpaired) electrons. The van der Waals surface area contributed by atoms with Crippen LogP contribution in [0.5, 0.6) is 0 Å². The molecule has 1 aromatic rings. The number of nitrogens with one attached hydrogen (secondary N) is 1. The van der Waals surface area contributed by atoms with Gasteiger partial charge in [0, 0.05) is 32.2 Å². The smallest absolute Gasteiger partial charge is 0.340 e. The van der Waals surface area contributed by atoms with E-state index in [1.807, 2.05) is 4.90 Å². The van der Waals surface area contributed by atoms with E-state index >= 15 is 0 Å². The van der Waals surface area contributed by atoms with Gasteiger partial charge in [0.2, 0.25) is 11.8 Å². The molecule has 0 aromatic heterocycles. The first-order valence-corrected chi connectivity index (χ1v) is 9.78. The lowest BCUT2D eigenvalue weighted by atomic mass is 9.91. The molecular weight excluding hydrogens is 407 g/mol. The number of hydrogen-bond donors (Lipinski definition) is 1. The van der Waals surface area contributed by atoms with E-state index in [0.717, 1.165) is 31.5 Å². The first-order valence-electron chi connectivity index (χ1n) is 9.78. The Morgan fingerprint density at radius 3 is 2.62 bits per heavy atom. The number of carbonyl (C=O) groups is 2. The molecule has 9 heteroatoms. The molecule has 5 nitrogen and oxygen atoms in total. The van der Waals surface area contributed by atoms with Gasteiger partial charge in [-0.15, -0.1) is 12.4 Å². The highest BCUT2D eigenvalue weighted by molar-refractivity contribution is 5.91. The lowest BCUT2D eigenvalue weighted by Crippen LogP contribution is -2.58. The number of piperidine rings is 1. The Kier molecular flexibility index (Phi) is 6.15. The van der Waals surface area contributed by atoms with Crippen LogP contribution >= 0.6 is 12.4 Å². The highest BCUT2D eigenvalue weighted by Crippen LogP contribution is 2.50. The number of rotatable bonds is 3. The number of amides is 2. The zero-order valence-electron chi connectivity index (χ0n) is 16.0. The van der Waals surface area contributed by atoms with E-state index in [0.29, 0.717) is 44.6 Å². The van der Waals surface area contributed by atoms with Gasteiger partial charge in [-0.1, -0.05) is 18.2 Å². The molecule has 1 aliphatic carbocycles. The van der Waals surface area contributed by atoms with Gasteiger partial charge in [-0.25, -0.2) is 0 Å². The van der Waals surface area contributed by atoms with E-state index in [1.165, 1.54) is 6.07 Å². The third kappa shape index (κ3) is 4.23. The van der Waals surface area contributed by atoms with Gasteiger partial charge in [-0.2, -0.15) is 13.2 Å². The molecule has 2 amide bonds. The van der Waals surface area contributed by atoms with Crippen molar-refractivity contribution in [3.63, 3.8) is 0 Å². The molecule has 3 fully saturated rings. The molecular formula is C20H25ClF3N3O2. The largest absolute Gasteiger partial charge is 0.416 e. The van der Waals surface area contributed by atoms with E-state index in [4.69, 9.17) is 0 Å². The molecule has 2 aliphatic heterocycles. The minimum absolute atomic E-state index is 0. The van der Waals surface area contributed by atoms with Crippen molar-refractivity contribution in [2.24, 2.45) is 0 Å². The van der Waals surface area contributed by atoms with Crippen molar-refractivity contribution in [1.82, 2.24) is 15.1 Å². The average Bonchev–Trinajstić information content (AvgIpc) is 3.49. The second-order valence-electron chi connectivity index (χ2n) is 7.97. The summed E-state index contributed by atoms with van der Waals surface area (Å²) in [7, 11) is 0. The maximum absolute atomic E-state index is 13.3. The Bertz CT molecular complexity index is 782. The van der Waals surface area contributed by atoms with Crippen molar-refractivity contribution in [1.29, 1.82) is 0 Å². The normalized spacial score (nSPS) is 24.1. The molecule has 1 saturated carbocycles. The summed E-state index contributed by atoms with van der Waals surface area (Å²) >= 11 is 0. The van der Waals surface area contributed by atoms with Crippen molar-refractivity contribution in [3.8, 4) is 0 Å². The van der Waals surface area contributed by atoms with Crippen LogP contribution in [0.4, 0.5) is 13.2 Å². The van der Waals surface area contributed by atoms with Gasteiger partial charge >= 0.3 is 6.18 Å². The van der Waals surface area contributed by atoms with Crippen molar-refractivity contribution in [3.05, 3.63) is 35.4 Å². The first-order chi connectivity index (χ1) is 13.3. The highest BCUT2D eigenvalue weighted by Gasteiger charge is 2.54. The molecule has 2 saturated heterocycles. The standard InChI is InChI=1S/C20H24F3N3O2.ClH/c21-20(22,23)15-4-1-3-14(11-15)19(6-7-19)18(28)25-9-2-5-16(13-25)26-10-8-24-12-17(26)27;/h1,3-4,11,16,24H,2,5-10,12-13H2;1H. The summed E-state index contributed by atoms with van der Waals surface area (Å²) in [5, 5.41) is 3.05. The number of piperazine rings is 1. The average molecular weight is 432 g/mol. The van der Waals surface area contributed by atoms with Gasteiger partial charge in [-0.05, 0) is 37.3 Å². The fraction of sp³-hybridized carbons (Fsp3) is 0.600. The summed E-state index contributed by atoms with van der Waals surface area (Å²) in [6, 6.07) is 5.15. The summed E-state index contributed by atoms with van der Waals surface area (Å²) in [6.45, 7) is 2.74. The Hall–Kier alpha value is -1.80. The Labute approximate surface area is 174 Å². The predicted octanol–water partition coefficient (Wildman–Crippen LogP) is 2.58. The van der Waals surface area contributed by atoms with Crippen LogP contribution in [-0.2, 0) is 21.2 Å². The second-order valence-corrected chi connectivity index (χ2v) is 7.97. The monoisotopic (exact) mass is 431 g/mol. The van der Waals surface area contributed by atoms with E-state index in [9.17, 15) is 22.8 Å². The van der Waals surface area contributed by atoms with Gasteiger partial charge in [0.05, 0.1) is 17.5 Å². The zero-order chi connectivity index (χ0) is 19.9. The lowest BCUT2D eigenvalue weighted by Gasteiger charge is -2.42. The third-order valence-corrected chi connectivity index (χ3v) is 6.15. The van der Waals surface area contributed by atoms with E-state index in [-0.39, 0.29) is 30.3 Å². The molecule has 29 heavy (non-hydrogen) atoms. The number of carbonyl (C=O) groups excluding carboxylic acids is 2. The van der Waals surface area contributed by atoms with Crippen LogP contribution in [0.2, 0.25) is 0 Å². The molecule has 160 valence electrons. The van der Waals surface area contributed by atoms with Crippen LogP contribution in [0.25, 0.3) is 0 Å². The molecule has 4 rings (SSSR count). The zero-order valence-corrected chi connectivity index (χ0v) is 16.8. The second kappa shape index (κ2) is 8.14. The Morgan fingerprint density at radius 2 is 1.97 bits per heavy atom. The fourth-order valence-electron chi connectivity index (χ4n) is 4.45. The van der Waals surface area contributed by atoms with Gasteiger partial charge in [0.15, 0.2) is 0 Å². The minimum atomic E-state index is -4.42. The van der Waals surface area contributed by atoms with Crippen molar-refractivity contribution < 1.29 is 22.8 Å². The van der Waals surface area contributed by atoms with Gasteiger partial charge < -0.3 is 15.1 Å². The summed E-state index contributed by atoms with van der Waals surface area (Å²) in [4.78, 5) is 29.1. The van der Waals surface area contributed by atoms with Gasteiger partial charge in [-0.3, -0.25) is 9.59 Å². The predicted molar refractivity (Wildman–Crippen MR) is 104 cm³/mol. The molecule has 1 unspecified atom stereocenters. The number of nitrogens with zero attached hydrogens (tertiary/aromatic N) is 2. The van der Waals surface area contributed by atoms with Gasteiger partial charge in [0.1, 0.15) is 0 Å². The Balaban J connectivity index is 0.00000240. The minimum Gasteiger partial charge on any atom is -0.340 e. The number of alkyl halides is 3. The van der Waals surface area contributed by atoms with Crippen LogP contribution in [0.3, 0.4) is 0 Å². The molecule has 3 aliphatic rings. The van der Waals surface area contributed by atoms with Crippen LogP contribution in [-0.4, -0.2) is 60.4 Å². The van der Waals surface area contributed by atoms with Gasteiger partial charge in [0.25, 0.3) is 0 Å². The topological polar surface area (TPSA) is 52.7 Å². The molecule has 0 bridgehead atoms. The summed E-state index contributed by atoms with van der Waals surface area (Å²) < 4.78 is 39.3. The van der Waals surface area contributed by atoms with Crippen LogP contribution in [0, 0.1) is 0 Å². The van der Waals surface area contributed by atoms with E-state index < -0.39 is 17.2 Å². The highest BCUT2D eigenvalue weighted by atomic mass is 35.5. The SMILES string of the molecule is Cl.O=C1CNCCN1C1CCCN(C(=O)C2(c3cccc(C(F)(F)F)c3)CC2)C1. The summed E-state index contributed by atoms with van der Waals surface area (Å²) in [5.74, 6) is -0.0522. The molecule has 2 heterocycles. The molecule has 1 atom stereocenters. The summed E-state index contributed by atoms with van der Waals surface area (Å²) in [5.41, 5.74) is -1.10. The number of hydrogen-bond acceptors (Lipinski definition) is 3. The Morgan fingerprint density at radius 1 is 1.21 bits per heavy atom. The van der Waals surface area contributed by atoms with Crippen LogP contribution in [0.15, 0.2) is 24.3 Å². The third-order valence-electron chi connectivity index (χ3n) is 6.15. The first kappa shape index (κ1) is 21.9. The molecule has 0 spiro atoms. The lowest BCUT2D eigenvalue weighted by molar-refractivity contribution is -0.142. The van der Waals surface area contributed by atoms with Crippen LogP contribution in [0.1, 0.15) is 36.8 Å². The van der Waals surface area contributed by atoms with Crippen molar-refractivity contribution >= 4 is 24.2 Å². The maximum Gasteiger partial charge on any atom is 0.416 e. The quantitative estimate of drug-likeness (QED) is 0.800.